The van der Waals surface area contributed by atoms with Crippen LogP contribution in [0.2, 0.25) is 5.02 Å². The van der Waals surface area contributed by atoms with Crippen LogP contribution in [-0.4, -0.2) is 25.6 Å². The molecule has 0 aliphatic carbocycles. The van der Waals surface area contributed by atoms with Crippen molar-refractivity contribution < 1.29 is 9.90 Å². The second-order valence-electron chi connectivity index (χ2n) is 6.05. The van der Waals surface area contributed by atoms with Gasteiger partial charge < -0.3 is 9.67 Å². The number of hydrogen-bond donors (Lipinski definition) is 1. The summed E-state index contributed by atoms with van der Waals surface area (Å²) in [6.07, 6.45) is 3.51. The van der Waals surface area contributed by atoms with Crippen molar-refractivity contribution in [2.45, 2.75) is 29.3 Å². The first-order valence-corrected chi connectivity index (χ1v) is 9.26. The van der Waals surface area contributed by atoms with Crippen molar-refractivity contribution in [2.75, 3.05) is 0 Å². The van der Waals surface area contributed by atoms with E-state index in [4.69, 9.17) is 16.7 Å². The fourth-order valence-corrected chi connectivity index (χ4v) is 3.62. The van der Waals surface area contributed by atoms with Crippen LogP contribution >= 0.6 is 23.4 Å². The first-order valence-electron chi connectivity index (χ1n) is 8.07. The molecule has 3 rings (SSSR count). The summed E-state index contributed by atoms with van der Waals surface area (Å²) in [6, 6.07) is 11.6. The summed E-state index contributed by atoms with van der Waals surface area (Å²) in [5.74, 6) is -0.821. The second-order valence-corrected chi connectivity index (χ2v) is 7.49. The number of benzene rings is 1. The van der Waals surface area contributed by atoms with E-state index in [1.165, 1.54) is 11.8 Å². The molecule has 2 heterocycles. The smallest absolute Gasteiger partial charge is 0.303 e. The molecule has 0 unspecified atom stereocenters. The number of carboxylic acids is 1. The summed E-state index contributed by atoms with van der Waals surface area (Å²) in [5, 5.41) is 11.4. The Morgan fingerprint density at radius 3 is 2.58 bits per heavy atom. The molecule has 2 aromatic heterocycles. The van der Waals surface area contributed by atoms with Gasteiger partial charge in [-0.1, -0.05) is 42.8 Å². The highest BCUT2D eigenvalue weighted by Gasteiger charge is 2.15. The molecule has 0 saturated carbocycles. The molecule has 1 aromatic carbocycles. The van der Waals surface area contributed by atoms with E-state index in [-0.39, 0.29) is 12.3 Å². The molecule has 1 N–H and O–H groups in total. The van der Waals surface area contributed by atoms with Crippen molar-refractivity contribution in [3.05, 3.63) is 59.5 Å². The molecular formula is C19H18ClN3O2S. The Kier molecular flexibility index (Phi) is 5.64. The van der Waals surface area contributed by atoms with Gasteiger partial charge in [-0.15, -0.1) is 0 Å². The topological polar surface area (TPSA) is 68.0 Å². The number of halogens is 1. The van der Waals surface area contributed by atoms with Gasteiger partial charge in [0, 0.05) is 18.8 Å². The van der Waals surface area contributed by atoms with Crippen LogP contribution in [0.15, 0.2) is 59.0 Å². The fourth-order valence-electron chi connectivity index (χ4n) is 2.61. The van der Waals surface area contributed by atoms with Crippen molar-refractivity contribution >= 4 is 29.3 Å². The van der Waals surface area contributed by atoms with Gasteiger partial charge in [0.15, 0.2) is 0 Å². The van der Waals surface area contributed by atoms with Crippen molar-refractivity contribution in [2.24, 2.45) is 7.05 Å². The molecule has 0 fully saturated rings. The standard InChI is InChI=1S/C19H18ClN3O2S/c1-12(9-17(24)25)13-3-5-14(6-4-13)18-19(23(2)11-22-18)26-16-8-7-15(20)10-21-16/h3-8,10-12H,9H2,1-2H3,(H,24,25)/t12-/m0/s1. The first-order chi connectivity index (χ1) is 12.4. The van der Waals surface area contributed by atoms with E-state index in [0.29, 0.717) is 5.02 Å². The average molecular weight is 388 g/mol. The van der Waals surface area contributed by atoms with Crippen molar-refractivity contribution in [1.29, 1.82) is 0 Å². The number of rotatable bonds is 6. The third kappa shape index (κ3) is 4.26. The highest BCUT2D eigenvalue weighted by Crippen LogP contribution is 2.35. The molecule has 0 aliphatic heterocycles. The average Bonchev–Trinajstić information content (AvgIpc) is 2.97. The zero-order valence-electron chi connectivity index (χ0n) is 14.4. The van der Waals surface area contributed by atoms with Gasteiger partial charge in [0.2, 0.25) is 0 Å². The van der Waals surface area contributed by atoms with Crippen molar-refractivity contribution in [3.63, 3.8) is 0 Å². The first kappa shape index (κ1) is 18.5. The number of aromatic nitrogens is 3. The minimum Gasteiger partial charge on any atom is -0.481 e. The Bertz CT molecular complexity index is 908. The van der Waals surface area contributed by atoms with Crippen LogP contribution in [-0.2, 0) is 11.8 Å². The second kappa shape index (κ2) is 7.93. The van der Waals surface area contributed by atoms with Gasteiger partial charge in [-0.2, -0.15) is 0 Å². The van der Waals surface area contributed by atoms with E-state index in [1.807, 2.05) is 54.9 Å². The summed E-state index contributed by atoms with van der Waals surface area (Å²) in [6.45, 7) is 1.91. The number of imidazole rings is 1. The summed E-state index contributed by atoms with van der Waals surface area (Å²) in [5.41, 5.74) is 2.85. The van der Waals surface area contributed by atoms with Crippen molar-refractivity contribution in [3.8, 4) is 11.3 Å². The van der Waals surface area contributed by atoms with E-state index in [2.05, 4.69) is 9.97 Å². The SMILES string of the molecule is C[C@@H](CC(=O)O)c1ccc(-c2ncn(C)c2Sc2ccc(Cl)cn2)cc1. The zero-order valence-corrected chi connectivity index (χ0v) is 16.0. The lowest BCUT2D eigenvalue weighted by Gasteiger charge is -2.10. The third-order valence-corrected chi connectivity index (χ3v) is 5.37. The number of aryl methyl sites for hydroxylation is 1. The van der Waals surface area contributed by atoms with Gasteiger partial charge in [-0.25, -0.2) is 9.97 Å². The molecule has 5 nitrogen and oxygen atoms in total. The summed E-state index contributed by atoms with van der Waals surface area (Å²) < 4.78 is 1.96. The van der Waals surface area contributed by atoms with Gasteiger partial charge in [0.25, 0.3) is 0 Å². The normalized spacial score (nSPS) is 12.1. The van der Waals surface area contributed by atoms with Crippen LogP contribution in [0.4, 0.5) is 0 Å². The lowest BCUT2D eigenvalue weighted by molar-refractivity contribution is -0.137. The van der Waals surface area contributed by atoms with E-state index >= 15 is 0 Å². The molecule has 0 spiro atoms. The number of pyridine rings is 1. The molecular weight excluding hydrogens is 370 g/mol. The molecule has 0 saturated heterocycles. The Morgan fingerprint density at radius 2 is 1.96 bits per heavy atom. The van der Waals surface area contributed by atoms with E-state index in [0.717, 1.165) is 26.9 Å². The molecule has 0 aliphatic rings. The maximum Gasteiger partial charge on any atom is 0.303 e. The Labute approximate surface area is 161 Å². The van der Waals surface area contributed by atoms with Crippen LogP contribution in [0, 0.1) is 0 Å². The monoisotopic (exact) mass is 387 g/mol. The highest BCUT2D eigenvalue weighted by molar-refractivity contribution is 7.99. The minimum atomic E-state index is -0.791. The predicted molar refractivity (Wildman–Crippen MR) is 103 cm³/mol. The highest BCUT2D eigenvalue weighted by atomic mass is 35.5. The van der Waals surface area contributed by atoms with Crippen molar-refractivity contribution in [1.82, 2.24) is 14.5 Å². The Hall–Kier alpha value is -2.31. The van der Waals surface area contributed by atoms with Crippen LogP contribution in [0.1, 0.15) is 24.8 Å². The molecule has 0 bridgehead atoms. The fraction of sp³-hybridized carbons (Fsp3) is 0.211. The zero-order chi connectivity index (χ0) is 18.7. The van der Waals surface area contributed by atoms with Gasteiger partial charge >= 0.3 is 5.97 Å². The van der Waals surface area contributed by atoms with Gasteiger partial charge in [0.05, 0.1) is 17.8 Å². The molecule has 26 heavy (non-hydrogen) atoms. The van der Waals surface area contributed by atoms with Crippen LogP contribution < -0.4 is 0 Å². The van der Waals surface area contributed by atoms with Gasteiger partial charge in [-0.3, -0.25) is 4.79 Å². The van der Waals surface area contributed by atoms with Crippen LogP contribution in [0.3, 0.4) is 0 Å². The van der Waals surface area contributed by atoms with Crippen LogP contribution in [0.5, 0.6) is 0 Å². The van der Waals surface area contributed by atoms with E-state index in [1.54, 1.807) is 12.5 Å². The molecule has 7 heteroatoms. The summed E-state index contributed by atoms with van der Waals surface area (Å²) in [7, 11) is 1.94. The molecule has 0 radical (unpaired) electrons. The summed E-state index contributed by atoms with van der Waals surface area (Å²) in [4.78, 5) is 19.7. The lowest BCUT2D eigenvalue weighted by Crippen LogP contribution is -2.02. The maximum atomic E-state index is 10.9. The molecule has 0 amide bonds. The minimum absolute atomic E-state index is 0.0302. The maximum absolute atomic E-state index is 10.9. The molecule has 1 atom stereocenters. The van der Waals surface area contributed by atoms with Gasteiger partial charge in [-0.05, 0) is 35.4 Å². The van der Waals surface area contributed by atoms with E-state index < -0.39 is 5.97 Å². The number of aliphatic carboxylic acids is 1. The number of hydrogen-bond acceptors (Lipinski definition) is 4. The largest absolute Gasteiger partial charge is 0.481 e. The molecule has 3 aromatic rings. The molecule has 134 valence electrons. The predicted octanol–water partition coefficient (Wildman–Crippen LogP) is 4.86. The Balaban J connectivity index is 1.85. The Morgan fingerprint density at radius 1 is 1.23 bits per heavy atom. The quantitative estimate of drug-likeness (QED) is 0.653. The number of carbonyl (C=O) groups is 1. The van der Waals surface area contributed by atoms with E-state index in [9.17, 15) is 4.79 Å². The number of nitrogens with zero attached hydrogens (tertiary/aromatic N) is 3. The summed E-state index contributed by atoms with van der Waals surface area (Å²) >= 11 is 7.42. The van der Waals surface area contributed by atoms with Gasteiger partial charge in [0.1, 0.15) is 15.7 Å². The number of carboxylic acid groups (broad SMARTS) is 1. The lowest BCUT2D eigenvalue weighted by atomic mass is 9.96. The third-order valence-electron chi connectivity index (χ3n) is 4.02. The van der Waals surface area contributed by atoms with Crippen LogP contribution in [0.25, 0.3) is 11.3 Å².